The highest BCUT2D eigenvalue weighted by molar-refractivity contribution is 6.90. The van der Waals surface area contributed by atoms with Gasteiger partial charge in [-0.3, -0.25) is 0 Å². The number of nitrogens with zero attached hydrogens (tertiary/aromatic N) is 2. The van der Waals surface area contributed by atoms with E-state index >= 15 is 0 Å². The van der Waals surface area contributed by atoms with Gasteiger partial charge >= 0.3 is 6.85 Å². The zero-order valence-electron chi connectivity index (χ0n) is 20.1. The summed E-state index contributed by atoms with van der Waals surface area (Å²) < 4.78 is 2.62. The van der Waals surface area contributed by atoms with E-state index in [0.29, 0.717) is 0 Å². The maximum Gasteiger partial charge on any atom is 0.333 e. The number of aromatic nitrogens is 1. The minimum absolute atomic E-state index is 0.110. The van der Waals surface area contributed by atoms with Crippen LogP contribution in [0.5, 0.6) is 0 Å². The topological polar surface area (TPSA) is 8.17 Å². The molecule has 0 radical (unpaired) electrons. The first-order chi connectivity index (χ1) is 18.4. The van der Waals surface area contributed by atoms with Crippen LogP contribution < -0.4 is 15.8 Å². The Morgan fingerprint density at radius 1 is 0.514 bits per heavy atom. The minimum Gasteiger partial charge on any atom is -0.375 e. The molecule has 1 aromatic heterocycles. The average Bonchev–Trinajstić information content (AvgIpc) is 3.31. The Morgan fingerprint density at radius 2 is 1.24 bits per heavy atom. The zero-order valence-corrected chi connectivity index (χ0v) is 20.1. The van der Waals surface area contributed by atoms with Crippen LogP contribution in [-0.4, -0.2) is 11.3 Å². The summed E-state index contributed by atoms with van der Waals surface area (Å²) in [7, 11) is 0. The first-order valence-corrected chi connectivity index (χ1v) is 12.9. The quantitative estimate of drug-likeness (QED) is 0.229. The number of hydrogen-bond acceptors (Lipinski definition) is 1. The number of para-hydroxylation sites is 3. The van der Waals surface area contributed by atoms with Gasteiger partial charge in [0.05, 0.1) is 0 Å². The van der Waals surface area contributed by atoms with Crippen molar-refractivity contribution in [3.05, 3.63) is 127 Å². The molecule has 0 unspecified atom stereocenters. The van der Waals surface area contributed by atoms with Crippen LogP contribution in [0.4, 0.5) is 17.1 Å². The third-order valence-corrected chi connectivity index (χ3v) is 8.35. The van der Waals surface area contributed by atoms with Gasteiger partial charge in [-0.05, 0) is 57.6 Å². The van der Waals surface area contributed by atoms with Crippen molar-refractivity contribution in [2.75, 3.05) is 4.90 Å². The van der Waals surface area contributed by atoms with E-state index in [1.54, 1.807) is 0 Å². The molecule has 0 saturated heterocycles. The van der Waals surface area contributed by atoms with E-state index < -0.39 is 0 Å². The summed E-state index contributed by atoms with van der Waals surface area (Å²) in [5.41, 5.74) is 11.7. The SMILES string of the molecule is c1ccc(N2c3ccccc3B3c4c(cccc42)-c2cccc4c5c6ccccc6ccc5n3c24)cc1. The number of benzene rings is 6. The Balaban J connectivity index is 1.49. The Labute approximate surface area is 215 Å². The second-order valence-electron chi connectivity index (χ2n) is 10.1. The third kappa shape index (κ3) is 2.37. The molecule has 0 fully saturated rings. The van der Waals surface area contributed by atoms with Gasteiger partial charge in [-0.25, -0.2) is 0 Å². The van der Waals surface area contributed by atoms with Gasteiger partial charge in [0.2, 0.25) is 0 Å². The fourth-order valence-electron chi connectivity index (χ4n) is 6.96. The summed E-state index contributed by atoms with van der Waals surface area (Å²) in [6, 6.07) is 46.8. The zero-order chi connectivity index (χ0) is 24.1. The van der Waals surface area contributed by atoms with Gasteiger partial charge < -0.3 is 9.38 Å². The fourth-order valence-corrected chi connectivity index (χ4v) is 6.96. The molecule has 3 heteroatoms. The predicted octanol–water partition coefficient (Wildman–Crippen LogP) is 7.37. The Morgan fingerprint density at radius 3 is 2.19 bits per heavy atom. The largest absolute Gasteiger partial charge is 0.375 e. The lowest BCUT2D eigenvalue weighted by atomic mass is 9.45. The molecule has 0 atom stereocenters. The second kappa shape index (κ2) is 6.92. The molecule has 170 valence electrons. The second-order valence-corrected chi connectivity index (χ2v) is 10.1. The molecular weight excluding hydrogens is 447 g/mol. The molecule has 0 saturated carbocycles. The summed E-state index contributed by atoms with van der Waals surface area (Å²) >= 11 is 0. The van der Waals surface area contributed by atoms with Crippen LogP contribution in [0.1, 0.15) is 0 Å². The molecule has 37 heavy (non-hydrogen) atoms. The average molecular weight is 468 g/mol. The van der Waals surface area contributed by atoms with E-state index in [1.165, 1.54) is 71.7 Å². The van der Waals surface area contributed by atoms with Gasteiger partial charge in [0.1, 0.15) is 0 Å². The summed E-state index contributed by atoms with van der Waals surface area (Å²) in [5.74, 6) is 0. The number of anilines is 3. The van der Waals surface area contributed by atoms with Gasteiger partial charge in [-0.15, -0.1) is 0 Å². The van der Waals surface area contributed by atoms with Crippen LogP contribution in [0.25, 0.3) is 43.7 Å². The highest BCUT2D eigenvalue weighted by atomic mass is 15.2. The maximum atomic E-state index is 2.62. The van der Waals surface area contributed by atoms with Crippen molar-refractivity contribution in [2.45, 2.75) is 0 Å². The summed E-state index contributed by atoms with van der Waals surface area (Å²) in [5, 5.41) is 5.30. The van der Waals surface area contributed by atoms with Gasteiger partial charge in [0.15, 0.2) is 0 Å². The Kier molecular flexibility index (Phi) is 3.64. The van der Waals surface area contributed by atoms with Crippen LogP contribution in [0.3, 0.4) is 0 Å². The molecular formula is C34H21BN2. The molecule has 6 aromatic carbocycles. The lowest BCUT2D eigenvalue weighted by molar-refractivity contribution is 1.25. The lowest BCUT2D eigenvalue weighted by Gasteiger charge is -2.40. The van der Waals surface area contributed by atoms with E-state index in [-0.39, 0.29) is 6.85 Å². The van der Waals surface area contributed by atoms with Crippen LogP contribution >= 0.6 is 0 Å². The summed E-state index contributed by atoms with van der Waals surface area (Å²) in [6.07, 6.45) is 0. The van der Waals surface area contributed by atoms with Crippen molar-refractivity contribution in [1.29, 1.82) is 0 Å². The van der Waals surface area contributed by atoms with Crippen LogP contribution in [0, 0.1) is 0 Å². The summed E-state index contributed by atoms with van der Waals surface area (Å²) in [6.45, 7) is 0.110. The van der Waals surface area contributed by atoms with Crippen molar-refractivity contribution < 1.29 is 0 Å². The first-order valence-electron chi connectivity index (χ1n) is 12.9. The van der Waals surface area contributed by atoms with E-state index in [0.717, 1.165) is 0 Å². The van der Waals surface area contributed by atoms with E-state index in [1.807, 2.05) is 0 Å². The molecule has 0 N–H and O–H groups in total. The van der Waals surface area contributed by atoms with E-state index in [4.69, 9.17) is 0 Å². The monoisotopic (exact) mass is 468 g/mol. The predicted molar refractivity (Wildman–Crippen MR) is 157 cm³/mol. The van der Waals surface area contributed by atoms with Crippen molar-refractivity contribution in [2.24, 2.45) is 0 Å². The lowest BCUT2D eigenvalue weighted by Crippen LogP contribution is -2.56. The smallest absolute Gasteiger partial charge is 0.333 e. The molecule has 9 rings (SSSR count). The molecule has 7 aromatic rings. The van der Waals surface area contributed by atoms with Gasteiger partial charge in [-0.2, -0.15) is 0 Å². The number of fused-ring (bicyclic) bond motifs is 9. The van der Waals surface area contributed by atoms with Crippen molar-refractivity contribution in [3.63, 3.8) is 0 Å². The minimum atomic E-state index is 0.110. The Bertz CT molecular complexity index is 2050. The molecule has 2 aliphatic heterocycles. The van der Waals surface area contributed by atoms with Gasteiger partial charge in [0, 0.05) is 44.4 Å². The van der Waals surface area contributed by atoms with Crippen LogP contribution in [0.15, 0.2) is 127 Å². The van der Waals surface area contributed by atoms with E-state index in [2.05, 4.69) is 137 Å². The fraction of sp³-hybridized carbons (Fsp3) is 0. The van der Waals surface area contributed by atoms with E-state index in [9.17, 15) is 0 Å². The van der Waals surface area contributed by atoms with Crippen molar-refractivity contribution in [1.82, 2.24) is 4.48 Å². The molecule has 0 aliphatic carbocycles. The van der Waals surface area contributed by atoms with Crippen molar-refractivity contribution >= 4 is 67.4 Å². The Hall–Kier alpha value is -4.76. The van der Waals surface area contributed by atoms with Crippen LogP contribution in [0.2, 0.25) is 0 Å². The standard InChI is InChI=1S/C34H21BN2/c1-2-11-23(12-3-1)36-29-18-7-6-17-28(29)35-33-25(14-9-19-31(33)36)26-15-8-16-27-32-24-13-5-4-10-22(24)20-21-30(32)37(35)34(26)27/h1-21H. The molecule has 2 nitrogen and oxygen atoms in total. The number of hydrogen-bond donors (Lipinski definition) is 0. The molecule has 0 bridgehead atoms. The normalized spacial score (nSPS) is 13.3. The van der Waals surface area contributed by atoms with Gasteiger partial charge in [-0.1, -0.05) is 97.1 Å². The first kappa shape index (κ1) is 19.4. The maximum absolute atomic E-state index is 2.62. The molecule has 3 heterocycles. The number of rotatable bonds is 1. The molecule has 2 aliphatic rings. The molecule has 0 amide bonds. The third-order valence-electron chi connectivity index (χ3n) is 8.35. The highest BCUT2D eigenvalue weighted by Gasteiger charge is 2.42. The van der Waals surface area contributed by atoms with Crippen molar-refractivity contribution in [3.8, 4) is 11.1 Å². The highest BCUT2D eigenvalue weighted by Crippen LogP contribution is 2.45. The van der Waals surface area contributed by atoms with Crippen LogP contribution in [-0.2, 0) is 0 Å². The van der Waals surface area contributed by atoms with Gasteiger partial charge in [0.25, 0.3) is 0 Å². The summed E-state index contributed by atoms with van der Waals surface area (Å²) in [4.78, 5) is 2.44. The molecule has 0 spiro atoms.